The van der Waals surface area contributed by atoms with Crippen LogP contribution in [0.2, 0.25) is 0 Å². The zero-order valence-corrected chi connectivity index (χ0v) is 32.4. The van der Waals surface area contributed by atoms with Gasteiger partial charge in [-0.25, -0.2) is 9.13 Å². The van der Waals surface area contributed by atoms with Crippen LogP contribution in [0, 0.1) is 0 Å². The van der Waals surface area contributed by atoms with Crippen LogP contribution < -0.4 is 18.6 Å². The fourth-order valence-electron chi connectivity index (χ4n) is 6.41. The predicted octanol–water partition coefficient (Wildman–Crippen LogP) is 11.7. The van der Waals surface area contributed by atoms with Gasteiger partial charge in [-0.15, -0.1) is 0 Å². The van der Waals surface area contributed by atoms with E-state index in [2.05, 4.69) is 80.5 Å². The summed E-state index contributed by atoms with van der Waals surface area (Å²) in [5, 5.41) is 8.56. The van der Waals surface area contributed by atoms with Gasteiger partial charge in [0.05, 0.1) is 11.4 Å². The topological polar surface area (TPSA) is 85.1 Å². The summed E-state index contributed by atoms with van der Waals surface area (Å²) in [7, 11) is 0. The Kier molecular flexibility index (Phi) is 21.0. The fourth-order valence-corrected chi connectivity index (χ4v) is 6.41. The summed E-state index contributed by atoms with van der Waals surface area (Å²) in [6, 6.07) is 26.5. The third-order valence-electron chi connectivity index (χ3n) is 9.57. The first-order chi connectivity index (χ1) is 26.6. The van der Waals surface area contributed by atoms with Crippen molar-refractivity contribution < 1.29 is 28.2 Å². The molecule has 2 aromatic heterocycles. The Morgan fingerprint density at radius 1 is 0.389 bits per heavy atom. The van der Waals surface area contributed by atoms with Gasteiger partial charge in [-0.05, 0) is 74.2 Å². The summed E-state index contributed by atoms with van der Waals surface area (Å²) in [5.41, 5.74) is 1.30. The van der Waals surface area contributed by atoms with Gasteiger partial charge >= 0.3 is 11.9 Å². The van der Waals surface area contributed by atoms with Crippen LogP contribution in [0.3, 0.4) is 0 Å². The monoisotopic (exact) mass is 734 g/mol. The number of azo groups is 1. The molecule has 0 saturated carbocycles. The van der Waals surface area contributed by atoms with Gasteiger partial charge in [0, 0.05) is 49.9 Å². The van der Waals surface area contributed by atoms with Crippen molar-refractivity contribution in [2.75, 3.05) is 0 Å². The van der Waals surface area contributed by atoms with Crippen LogP contribution in [0.25, 0.3) is 0 Å². The van der Waals surface area contributed by atoms with Crippen molar-refractivity contribution in [3.8, 4) is 11.5 Å². The second kappa shape index (κ2) is 27.0. The minimum Gasteiger partial charge on any atom is -0.427 e. The second-order valence-corrected chi connectivity index (χ2v) is 14.2. The molecule has 0 N–H and O–H groups in total. The molecule has 0 atom stereocenters. The maximum atomic E-state index is 12.3. The molecule has 0 aliphatic carbocycles. The van der Waals surface area contributed by atoms with Crippen molar-refractivity contribution in [2.24, 2.45) is 10.2 Å². The molecule has 0 radical (unpaired) electrons. The number of aromatic nitrogens is 2. The van der Waals surface area contributed by atoms with Crippen LogP contribution in [0.15, 0.2) is 120 Å². The summed E-state index contributed by atoms with van der Waals surface area (Å²) in [6.45, 7) is 2.20. The third kappa shape index (κ3) is 19.4. The third-order valence-corrected chi connectivity index (χ3v) is 9.57. The molecule has 4 aromatic rings. The Morgan fingerprint density at radius 2 is 0.685 bits per heavy atom. The molecular weight excluding hydrogens is 673 g/mol. The standard InChI is InChI=1S/C46H62N4O4/c51-45(25-17-11-7-3-1-5-9-13-19-35-49-37-21-15-22-38-49)53-43-31-27-41(28-32-43)47-48-42-29-33-44(34-30-42)54-46(52)26-18-12-8-4-2-6-10-14-20-36-50-39-23-16-24-40-50/h15-16,21-24,27-34,37-40H,1-14,17-20,25-26,35-36H2/q+2. The van der Waals surface area contributed by atoms with Crippen LogP contribution in [0.5, 0.6) is 11.5 Å². The Bertz CT molecular complexity index is 1470. The maximum absolute atomic E-state index is 12.3. The molecule has 0 unspecified atom stereocenters. The Balaban J connectivity index is 0.960. The average Bonchev–Trinajstić information content (AvgIpc) is 3.20. The lowest BCUT2D eigenvalue weighted by atomic mass is 10.1. The summed E-state index contributed by atoms with van der Waals surface area (Å²) in [5.74, 6) is 0.618. The van der Waals surface area contributed by atoms with Crippen LogP contribution in [0.4, 0.5) is 11.4 Å². The molecule has 2 heterocycles. The SMILES string of the molecule is O=C(CCCCCCCCCCC[n+]1ccccc1)Oc1ccc(N=Nc2ccc(OC(=O)CCCCCCCCCCC[n+]3ccccc3)cc2)cc1. The summed E-state index contributed by atoms with van der Waals surface area (Å²) in [4.78, 5) is 24.6. The minimum atomic E-state index is -0.201. The Labute approximate surface area is 323 Å². The largest absolute Gasteiger partial charge is 0.427 e. The lowest BCUT2D eigenvalue weighted by Crippen LogP contribution is -2.32. The molecule has 54 heavy (non-hydrogen) atoms. The van der Waals surface area contributed by atoms with E-state index >= 15 is 0 Å². The van der Waals surface area contributed by atoms with E-state index in [1.165, 1.54) is 77.0 Å². The van der Waals surface area contributed by atoms with E-state index in [9.17, 15) is 9.59 Å². The smallest absolute Gasteiger partial charge is 0.311 e. The van der Waals surface area contributed by atoms with Crippen LogP contribution in [-0.4, -0.2) is 11.9 Å². The molecule has 0 bridgehead atoms. The first kappa shape index (κ1) is 42.0. The highest BCUT2D eigenvalue weighted by molar-refractivity contribution is 5.73. The molecule has 0 spiro atoms. The van der Waals surface area contributed by atoms with Crippen LogP contribution >= 0.6 is 0 Å². The second-order valence-electron chi connectivity index (χ2n) is 14.2. The summed E-state index contributed by atoms with van der Waals surface area (Å²) in [6.07, 6.45) is 30.7. The predicted molar refractivity (Wildman–Crippen MR) is 214 cm³/mol. The van der Waals surface area contributed by atoms with E-state index in [-0.39, 0.29) is 11.9 Å². The number of unbranched alkanes of at least 4 members (excludes halogenated alkanes) is 16. The number of pyridine rings is 2. The van der Waals surface area contributed by atoms with Gasteiger partial charge in [0.15, 0.2) is 24.8 Å². The van der Waals surface area contributed by atoms with Crippen LogP contribution in [0.1, 0.15) is 128 Å². The number of hydrogen-bond donors (Lipinski definition) is 0. The molecule has 2 aromatic carbocycles. The molecule has 0 aliphatic heterocycles. The van der Waals surface area contributed by atoms with E-state index in [1.807, 2.05) is 0 Å². The quantitative estimate of drug-likeness (QED) is 0.0191. The fraction of sp³-hybridized carbons (Fsp3) is 0.478. The first-order valence-electron chi connectivity index (χ1n) is 20.6. The van der Waals surface area contributed by atoms with Crippen molar-refractivity contribution in [2.45, 2.75) is 142 Å². The first-order valence-corrected chi connectivity index (χ1v) is 20.6. The lowest BCUT2D eigenvalue weighted by molar-refractivity contribution is -0.697. The summed E-state index contributed by atoms with van der Waals surface area (Å²) < 4.78 is 15.5. The molecule has 0 fully saturated rings. The van der Waals surface area contributed by atoms with Crippen LogP contribution in [-0.2, 0) is 22.7 Å². The summed E-state index contributed by atoms with van der Waals surface area (Å²) >= 11 is 0. The molecular formula is C46H62N4O4+2. The van der Waals surface area contributed by atoms with E-state index in [0.29, 0.717) is 35.7 Å². The number of ether oxygens (including phenoxy) is 2. The van der Waals surface area contributed by atoms with Gasteiger partial charge in [0.2, 0.25) is 0 Å². The van der Waals surface area contributed by atoms with Crippen molar-refractivity contribution in [3.63, 3.8) is 0 Å². The average molecular weight is 735 g/mol. The van der Waals surface area contributed by atoms with Crippen molar-refractivity contribution in [1.29, 1.82) is 0 Å². The van der Waals surface area contributed by atoms with Gasteiger partial charge in [0.25, 0.3) is 0 Å². The Hall–Kier alpha value is -4.72. The number of carbonyl (C=O) groups is 2. The zero-order valence-electron chi connectivity index (χ0n) is 32.4. The Morgan fingerprint density at radius 3 is 1.02 bits per heavy atom. The normalized spacial score (nSPS) is 11.2. The van der Waals surface area contributed by atoms with E-state index in [1.54, 1.807) is 48.5 Å². The van der Waals surface area contributed by atoms with E-state index in [0.717, 1.165) is 51.6 Å². The van der Waals surface area contributed by atoms with Crippen molar-refractivity contribution >= 4 is 23.3 Å². The molecule has 0 saturated heterocycles. The number of hydrogen-bond acceptors (Lipinski definition) is 6. The van der Waals surface area contributed by atoms with Crippen molar-refractivity contribution in [3.05, 3.63) is 110 Å². The molecule has 4 rings (SSSR count). The van der Waals surface area contributed by atoms with E-state index in [4.69, 9.17) is 9.47 Å². The molecule has 8 heteroatoms. The zero-order chi connectivity index (χ0) is 37.7. The molecule has 0 amide bonds. The molecule has 8 nitrogen and oxygen atoms in total. The molecule has 0 aliphatic rings. The highest BCUT2D eigenvalue weighted by Gasteiger charge is 2.07. The van der Waals surface area contributed by atoms with Gasteiger partial charge in [-0.1, -0.05) is 89.2 Å². The van der Waals surface area contributed by atoms with Gasteiger partial charge in [0.1, 0.15) is 24.6 Å². The highest BCUT2D eigenvalue weighted by atomic mass is 16.5. The van der Waals surface area contributed by atoms with Gasteiger partial charge in [-0.3, -0.25) is 9.59 Å². The number of benzene rings is 2. The minimum absolute atomic E-state index is 0.201. The number of aryl methyl sites for hydroxylation is 2. The lowest BCUT2D eigenvalue weighted by Gasteiger charge is -2.05. The number of rotatable bonds is 28. The van der Waals surface area contributed by atoms with E-state index < -0.39 is 0 Å². The highest BCUT2D eigenvalue weighted by Crippen LogP contribution is 2.24. The number of carbonyl (C=O) groups excluding carboxylic acids is 2. The number of nitrogens with zero attached hydrogens (tertiary/aromatic N) is 4. The molecule has 288 valence electrons. The van der Waals surface area contributed by atoms with Gasteiger partial charge < -0.3 is 9.47 Å². The number of esters is 2. The maximum Gasteiger partial charge on any atom is 0.311 e. The van der Waals surface area contributed by atoms with Gasteiger partial charge in [-0.2, -0.15) is 10.2 Å². The van der Waals surface area contributed by atoms with Crippen molar-refractivity contribution in [1.82, 2.24) is 0 Å².